The van der Waals surface area contributed by atoms with Crippen LogP contribution in [0.25, 0.3) is 0 Å². The van der Waals surface area contributed by atoms with Crippen LogP contribution in [-0.4, -0.2) is 24.1 Å². The molecule has 0 aromatic carbocycles. The highest BCUT2D eigenvalue weighted by atomic mass is 16.6. The third-order valence-corrected chi connectivity index (χ3v) is 2.25. The van der Waals surface area contributed by atoms with Gasteiger partial charge in [0, 0.05) is 13.0 Å². The molecule has 1 amide bonds. The van der Waals surface area contributed by atoms with Crippen molar-refractivity contribution < 1.29 is 9.53 Å². The van der Waals surface area contributed by atoms with Gasteiger partial charge in [-0.15, -0.1) is 0 Å². The molecular formula is C13H27N3O2. The van der Waals surface area contributed by atoms with Gasteiger partial charge in [0.25, 0.3) is 0 Å². The summed E-state index contributed by atoms with van der Waals surface area (Å²) in [5, 5.41) is 10.1. The molecule has 5 heteroatoms. The first-order valence-corrected chi connectivity index (χ1v) is 6.40. The Bertz CT molecular complexity index is 282. The first-order chi connectivity index (χ1) is 8.10. The van der Waals surface area contributed by atoms with Crippen molar-refractivity contribution in [3.05, 3.63) is 0 Å². The van der Waals surface area contributed by atoms with Crippen LogP contribution in [0.4, 0.5) is 4.79 Å². The Labute approximate surface area is 110 Å². The lowest BCUT2D eigenvalue weighted by molar-refractivity contribution is 0.0517. The minimum absolute atomic E-state index is 0.159. The highest BCUT2D eigenvalue weighted by molar-refractivity contribution is 5.77. The second-order valence-electron chi connectivity index (χ2n) is 6.11. The molecule has 1 unspecified atom stereocenters. The largest absolute Gasteiger partial charge is 0.444 e. The summed E-state index contributed by atoms with van der Waals surface area (Å²) >= 11 is 0. The Hall–Kier alpha value is -1.26. The van der Waals surface area contributed by atoms with Crippen molar-refractivity contribution in [3.63, 3.8) is 0 Å². The van der Waals surface area contributed by atoms with Crippen LogP contribution in [0.1, 0.15) is 47.5 Å². The number of carbonyl (C=O) groups excluding carboxylic acids is 1. The van der Waals surface area contributed by atoms with Crippen molar-refractivity contribution in [2.75, 3.05) is 6.54 Å². The van der Waals surface area contributed by atoms with E-state index in [0.29, 0.717) is 18.9 Å². The molecule has 0 aliphatic heterocycles. The number of ether oxygens (including phenoxy) is 1. The number of hydrogen-bond donors (Lipinski definition) is 3. The van der Waals surface area contributed by atoms with E-state index in [4.69, 9.17) is 15.9 Å². The second-order valence-corrected chi connectivity index (χ2v) is 6.11. The zero-order valence-corrected chi connectivity index (χ0v) is 12.2. The first kappa shape index (κ1) is 16.7. The zero-order valence-electron chi connectivity index (χ0n) is 12.2. The van der Waals surface area contributed by atoms with E-state index in [2.05, 4.69) is 19.2 Å². The number of carbonyl (C=O) groups is 1. The molecule has 0 aromatic heterocycles. The zero-order chi connectivity index (χ0) is 14.3. The van der Waals surface area contributed by atoms with Crippen molar-refractivity contribution in [1.29, 1.82) is 5.41 Å². The van der Waals surface area contributed by atoms with E-state index >= 15 is 0 Å². The van der Waals surface area contributed by atoms with Gasteiger partial charge in [-0.05, 0) is 39.0 Å². The molecule has 4 N–H and O–H groups in total. The van der Waals surface area contributed by atoms with Crippen LogP contribution in [0.3, 0.4) is 0 Å². The summed E-state index contributed by atoms with van der Waals surface area (Å²) in [6.45, 7) is 10.2. The van der Waals surface area contributed by atoms with Crippen LogP contribution >= 0.6 is 0 Å². The molecule has 0 saturated carbocycles. The van der Waals surface area contributed by atoms with E-state index in [1.807, 2.05) is 20.8 Å². The summed E-state index contributed by atoms with van der Waals surface area (Å²) in [6.07, 6.45) is 1.02. The molecule has 106 valence electrons. The van der Waals surface area contributed by atoms with E-state index < -0.39 is 11.7 Å². The molecule has 0 rings (SSSR count). The van der Waals surface area contributed by atoms with Gasteiger partial charge in [0.15, 0.2) is 0 Å². The molecule has 5 nitrogen and oxygen atoms in total. The highest BCUT2D eigenvalue weighted by Crippen LogP contribution is 2.15. The van der Waals surface area contributed by atoms with Crippen molar-refractivity contribution in [1.82, 2.24) is 5.32 Å². The summed E-state index contributed by atoms with van der Waals surface area (Å²) in [5.41, 5.74) is 4.93. The maximum atomic E-state index is 11.5. The van der Waals surface area contributed by atoms with E-state index in [9.17, 15) is 4.79 Å². The topological polar surface area (TPSA) is 88.2 Å². The van der Waals surface area contributed by atoms with Gasteiger partial charge in [0.05, 0.1) is 5.84 Å². The number of amides is 1. The van der Waals surface area contributed by atoms with Gasteiger partial charge >= 0.3 is 6.09 Å². The first-order valence-electron chi connectivity index (χ1n) is 6.40. The van der Waals surface area contributed by atoms with E-state index in [1.165, 1.54) is 0 Å². The van der Waals surface area contributed by atoms with Crippen LogP contribution in [-0.2, 0) is 4.74 Å². The van der Waals surface area contributed by atoms with Gasteiger partial charge in [-0.1, -0.05) is 13.8 Å². The summed E-state index contributed by atoms with van der Waals surface area (Å²) in [4.78, 5) is 11.5. The number of nitrogens with two attached hydrogens (primary N) is 1. The van der Waals surface area contributed by atoms with Crippen LogP contribution in [0.2, 0.25) is 0 Å². The molecule has 0 radical (unpaired) electrons. The molecule has 0 aliphatic carbocycles. The van der Waals surface area contributed by atoms with Crippen LogP contribution in [0.15, 0.2) is 0 Å². The third kappa shape index (κ3) is 9.93. The lowest BCUT2D eigenvalue weighted by atomic mass is 9.94. The van der Waals surface area contributed by atoms with Crippen molar-refractivity contribution in [2.24, 2.45) is 17.6 Å². The minimum Gasteiger partial charge on any atom is -0.444 e. The van der Waals surface area contributed by atoms with Gasteiger partial charge < -0.3 is 15.8 Å². The third-order valence-electron chi connectivity index (χ3n) is 2.25. The van der Waals surface area contributed by atoms with Crippen molar-refractivity contribution in [2.45, 2.75) is 53.1 Å². The highest BCUT2D eigenvalue weighted by Gasteiger charge is 2.18. The van der Waals surface area contributed by atoms with Crippen LogP contribution < -0.4 is 11.1 Å². The molecule has 18 heavy (non-hydrogen) atoms. The lowest BCUT2D eigenvalue weighted by Crippen LogP contribution is -2.36. The fourth-order valence-electron chi connectivity index (χ4n) is 1.76. The smallest absolute Gasteiger partial charge is 0.407 e. The van der Waals surface area contributed by atoms with E-state index in [1.54, 1.807) is 0 Å². The maximum Gasteiger partial charge on any atom is 0.407 e. The Morgan fingerprint density at radius 2 is 1.94 bits per heavy atom. The Balaban J connectivity index is 4.17. The molecule has 1 atom stereocenters. The van der Waals surface area contributed by atoms with Crippen LogP contribution in [0, 0.1) is 17.2 Å². The molecule has 0 spiro atoms. The number of amidine groups is 1. The average molecular weight is 257 g/mol. The summed E-state index contributed by atoms with van der Waals surface area (Å²) < 4.78 is 5.16. The summed E-state index contributed by atoms with van der Waals surface area (Å²) in [5.74, 6) is 0.858. The predicted molar refractivity (Wildman–Crippen MR) is 73.7 cm³/mol. The van der Waals surface area contributed by atoms with Crippen molar-refractivity contribution >= 4 is 11.9 Å². The summed E-state index contributed by atoms with van der Waals surface area (Å²) in [7, 11) is 0. The quantitative estimate of drug-likeness (QED) is 0.504. The number of alkyl carbamates (subject to hydrolysis) is 1. The standard InChI is InChI=1S/C13H27N3O2/c1-9(2)6-10(7-11(14)15)8-16-12(17)18-13(3,4)5/h9-10H,6-8H2,1-5H3,(H3,14,15)(H,16,17). The fraction of sp³-hybridized carbons (Fsp3) is 0.846. The average Bonchev–Trinajstić information content (AvgIpc) is 2.09. The van der Waals surface area contributed by atoms with Crippen LogP contribution in [0.5, 0.6) is 0 Å². The minimum atomic E-state index is -0.488. The molecule has 0 heterocycles. The summed E-state index contributed by atoms with van der Waals surface area (Å²) in [6, 6.07) is 0. The van der Waals surface area contributed by atoms with Gasteiger partial charge in [-0.2, -0.15) is 0 Å². The molecule has 0 bridgehead atoms. The molecule has 0 aromatic rings. The van der Waals surface area contributed by atoms with Gasteiger partial charge in [-0.3, -0.25) is 5.41 Å². The Morgan fingerprint density at radius 1 is 1.39 bits per heavy atom. The maximum absolute atomic E-state index is 11.5. The lowest BCUT2D eigenvalue weighted by Gasteiger charge is -2.22. The molecule has 0 aliphatic rings. The fourth-order valence-corrected chi connectivity index (χ4v) is 1.76. The Morgan fingerprint density at radius 3 is 2.33 bits per heavy atom. The monoisotopic (exact) mass is 257 g/mol. The second kappa shape index (κ2) is 7.24. The predicted octanol–water partition coefficient (Wildman–Crippen LogP) is 2.50. The normalized spacial score (nSPS) is 13.2. The van der Waals surface area contributed by atoms with E-state index in [-0.39, 0.29) is 11.8 Å². The Kier molecular flexibility index (Phi) is 6.73. The molecular weight excluding hydrogens is 230 g/mol. The van der Waals surface area contributed by atoms with Gasteiger partial charge in [-0.25, -0.2) is 4.79 Å². The van der Waals surface area contributed by atoms with Gasteiger partial charge in [0.2, 0.25) is 0 Å². The van der Waals surface area contributed by atoms with Gasteiger partial charge in [0.1, 0.15) is 5.60 Å². The van der Waals surface area contributed by atoms with E-state index in [0.717, 1.165) is 6.42 Å². The SMILES string of the molecule is CC(C)CC(CNC(=O)OC(C)(C)C)CC(=N)N. The number of hydrogen-bond acceptors (Lipinski definition) is 3. The molecule has 0 saturated heterocycles. The van der Waals surface area contributed by atoms with Crippen molar-refractivity contribution in [3.8, 4) is 0 Å². The molecule has 0 fully saturated rings. The number of nitrogens with one attached hydrogen (secondary N) is 2. The number of rotatable bonds is 6.